The fraction of sp³-hybridized carbons (Fsp3) is 0.857. The average Bonchev–Trinajstić information content (AvgIpc) is 2.92. The zero-order valence-electron chi connectivity index (χ0n) is 12.0. The smallest absolute Gasteiger partial charge is 0.226 e. The van der Waals surface area contributed by atoms with Crippen molar-refractivity contribution >= 4 is 0 Å². The highest BCUT2D eigenvalue weighted by Crippen LogP contribution is 2.22. The third-order valence-corrected chi connectivity index (χ3v) is 3.62. The zero-order chi connectivity index (χ0) is 13.5. The largest absolute Gasteiger partial charge is 0.370 e. The predicted octanol–water partition coefficient (Wildman–Crippen LogP) is 2.46. The number of nitrogens with zero attached hydrogens (tertiary/aromatic N) is 2. The highest BCUT2D eigenvalue weighted by atomic mass is 16.5. The van der Waals surface area contributed by atoms with Crippen molar-refractivity contribution in [2.75, 3.05) is 6.54 Å². The molecular formula is C14H25N3O2. The number of ether oxygens (including phenoxy) is 1. The third kappa shape index (κ3) is 4.58. The van der Waals surface area contributed by atoms with Crippen molar-refractivity contribution in [1.29, 1.82) is 0 Å². The van der Waals surface area contributed by atoms with E-state index in [1.807, 2.05) is 6.92 Å². The summed E-state index contributed by atoms with van der Waals surface area (Å²) in [6.07, 6.45) is 6.99. The Morgan fingerprint density at radius 2 is 2.05 bits per heavy atom. The van der Waals surface area contributed by atoms with E-state index in [1.165, 1.54) is 19.3 Å². The van der Waals surface area contributed by atoms with Crippen LogP contribution >= 0.6 is 0 Å². The molecule has 1 aromatic heterocycles. The summed E-state index contributed by atoms with van der Waals surface area (Å²) in [5, 5.41) is 7.48. The number of aromatic nitrogens is 2. The second-order valence-electron chi connectivity index (χ2n) is 5.20. The Labute approximate surface area is 115 Å². The number of nitrogens with one attached hydrogen (secondary N) is 1. The van der Waals surface area contributed by atoms with Crippen molar-refractivity contribution in [2.24, 2.45) is 0 Å². The summed E-state index contributed by atoms with van der Waals surface area (Å²) in [6.45, 7) is 5.81. The first kappa shape index (κ1) is 14.5. The average molecular weight is 267 g/mol. The zero-order valence-corrected chi connectivity index (χ0v) is 12.0. The lowest BCUT2D eigenvalue weighted by Gasteiger charge is -2.28. The molecule has 0 aliphatic heterocycles. The van der Waals surface area contributed by atoms with Gasteiger partial charge in [0.05, 0.1) is 6.10 Å². The van der Waals surface area contributed by atoms with E-state index in [0.29, 0.717) is 30.5 Å². The van der Waals surface area contributed by atoms with Crippen molar-refractivity contribution < 1.29 is 9.26 Å². The van der Waals surface area contributed by atoms with E-state index in [0.717, 1.165) is 25.8 Å². The molecule has 0 bridgehead atoms. The molecule has 0 atom stereocenters. The van der Waals surface area contributed by atoms with Crippen molar-refractivity contribution in [2.45, 2.75) is 71.1 Å². The summed E-state index contributed by atoms with van der Waals surface area (Å²) in [4.78, 5) is 4.25. The van der Waals surface area contributed by atoms with Gasteiger partial charge in [-0.15, -0.1) is 0 Å². The van der Waals surface area contributed by atoms with Crippen LogP contribution in [0.5, 0.6) is 0 Å². The Bertz CT molecular complexity index is 359. The van der Waals surface area contributed by atoms with Crippen LogP contribution in [0, 0.1) is 0 Å². The molecule has 19 heavy (non-hydrogen) atoms. The fourth-order valence-corrected chi connectivity index (χ4v) is 2.47. The van der Waals surface area contributed by atoms with Gasteiger partial charge < -0.3 is 14.6 Å². The van der Waals surface area contributed by atoms with Crippen LogP contribution in [0.1, 0.15) is 57.7 Å². The van der Waals surface area contributed by atoms with Crippen LogP contribution in [0.4, 0.5) is 0 Å². The van der Waals surface area contributed by atoms with Crippen LogP contribution in [-0.2, 0) is 17.8 Å². The SMILES string of the molecule is CCCNC1CCC(OCc2noc(CC)n2)CC1. The summed E-state index contributed by atoms with van der Waals surface area (Å²) >= 11 is 0. The minimum absolute atomic E-state index is 0.350. The number of aryl methyl sites for hydroxylation is 1. The van der Waals surface area contributed by atoms with Gasteiger partial charge in [-0.1, -0.05) is 19.0 Å². The first-order valence-corrected chi connectivity index (χ1v) is 7.48. The minimum Gasteiger partial charge on any atom is -0.370 e. The van der Waals surface area contributed by atoms with Crippen LogP contribution in [0.15, 0.2) is 4.52 Å². The number of hydrogen-bond acceptors (Lipinski definition) is 5. The molecule has 5 nitrogen and oxygen atoms in total. The molecule has 1 aliphatic rings. The normalized spacial score (nSPS) is 23.7. The Morgan fingerprint density at radius 1 is 1.26 bits per heavy atom. The van der Waals surface area contributed by atoms with E-state index in [9.17, 15) is 0 Å². The van der Waals surface area contributed by atoms with Gasteiger partial charge >= 0.3 is 0 Å². The molecule has 1 N–H and O–H groups in total. The molecule has 0 unspecified atom stereocenters. The maximum atomic E-state index is 5.87. The molecule has 0 spiro atoms. The van der Waals surface area contributed by atoms with E-state index in [1.54, 1.807) is 0 Å². The Kier molecular flexibility index (Phi) is 5.79. The molecule has 5 heteroatoms. The lowest BCUT2D eigenvalue weighted by Crippen LogP contribution is -2.35. The molecule has 2 rings (SSSR count). The second kappa shape index (κ2) is 7.60. The maximum Gasteiger partial charge on any atom is 0.226 e. The summed E-state index contributed by atoms with van der Waals surface area (Å²) < 4.78 is 10.9. The van der Waals surface area contributed by atoms with Crippen molar-refractivity contribution in [1.82, 2.24) is 15.5 Å². The molecular weight excluding hydrogens is 242 g/mol. The quantitative estimate of drug-likeness (QED) is 0.822. The highest BCUT2D eigenvalue weighted by Gasteiger charge is 2.21. The Hall–Kier alpha value is -0.940. The lowest BCUT2D eigenvalue weighted by atomic mass is 9.93. The van der Waals surface area contributed by atoms with Gasteiger partial charge in [0.25, 0.3) is 0 Å². The van der Waals surface area contributed by atoms with Crippen LogP contribution in [-0.4, -0.2) is 28.8 Å². The summed E-state index contributed by atoms with van der Waals surface area (Å²) in [6, 6.07) is 0.677. The Balaban J connectivity index is 1.65. The summed E-state index contributed by atoms with van der Waals surface area (Å²) in [5.74, 6) is 1.36. The van der Waals surface area contributed by atoms with Crippen molar-refractivity contribution in [3.63, 3.8) is 0 Å². The van der Waals surface area contributed by atoms with E-state index < -0.39 is 0 Å². The standard InChI is InChI=1S/C14H25N3O2/c1-3-9-15-11-5-7-12(8-6-11)18-10-13-16-14(4-2)19-17-13/h11-12,15H,3-10H2,1-2H3. The number of hydrogen-bond donors (Lipinski definition) is 1. The van der Waals surface area contributed by atoms with Crippen molar-refractivity contribution in [3.05, 3.63) is 11.7 Å². The van der Waals surface area contributed by atoms with E-state index >= 15 is 0 Å². The maximum absolute atomic E-state index is 5.87. The first-order valence-electron chi connectivity index (χ1n) is 7.48. The topological polar surface area (TPSA) is 60.2 Å². The van der Waals surface area contributed by atoms with Gasteiger partial charge in [-0.2, -0.15) is 4.98 Å². The van der Waals surface area contributed by atoms with Gasteiger partial charge in [-0.3, -0.25) is 0 Å². The van der Waals surface area contributed by atoms with Gasteiger partial charge in [0, 0.05) is 12.5 Å². The molecule has 1 aliphatic carbocycles. The van der Waals surface area contributed by atoms with Gasteiger partial charge in [-0.05, 0) is 38.6 Å². The molecule has 1 fully saturated rings. The van der Waals surface area contributed by atoms with Gasteiger partial charge in [0.2, 0.25) is 5.89 Å². The van der Waals surface area contributed by atoms with Crippen LogP contribution in [0.2, 0.25) is 0 Å². The minimum atomic E-state index is 0.350. The van der Waals surface area contributed by atoms with Crippen molar-refractivity contribution in [3.8, 4) is 0 Å². The molecule has 0 saturated heterocycles. The molecule has 0 amide bonds. The third-order valence-electron chi connectivity index (χ3n) is 3.62. The van der Waals surface area contributed by atoms with Gasteiger partial charge in [0.1, 0.15) is 6.61 Å². The van der Waals surface area contributed by atoms with E-state index in [-0.39, 0.29) is 0 Å². The molecule has 108 valence electrons. The Morgan fingerprint density at radius 3 is 2.68 bits per heavy atom. The molecule has 1 saturated carbocycles. The second-order valence-corrected chi connectivity index (χ2v) is 5.20. The van der Waals surface area contributed by atoms with Crippen LogP contribution in [0.25, 0.3) is 0 Å². The lowest BCUT2D eigenvalue weighted by molar-refractivity contribution is 0.00747. The highest BCUT2D eigenvalue weighted by molar-refractivity contribution is 4.84. The molecule has 1 aromatic rings. The molecule has 1 heterocycles. The summed E-state index contributed by atoms with van der Waals surface area (Å²) in [7, 11) is 0. The predicted molar refractivity (Wildman–Crippen MR) is 72.8 cm³/mol. The van der Waals surface area contributed by atoms with E-state index in [2.05, 4.69) is 22.4 Å². The fourth-order valence-electron chi connectivity index (χ4n) is 2.47. The van der Waals surface area contributed by atoms with Crippen LogP contribution < -0.4 is 5.32 Å². The molecule has 0 aromatic carbocycles. The van der Waals surface area contributed by atoms with Gasteiger partial charge in [0.15, 0.2) is 5.82 Å². The van der Waals surface area contributed by atoms with Gasteiger partial charge in [-0.25, -0.2) is 0 Å². The van der Waals surface area contributed by atoms with Crippen LogP contribution in [0.3, 0.4) is 0 Å². The number of rotatable bonds is 7. The summed E-state index contributed by atoms with van der Waals surface area (Å²) in [5.41, 5.74) is 0. The first-order chi connectivity index (χ1) is 9.31. The van der Waals surface area contributed by atoms with E-state index in [4.69, 9.17) is 9.26 Å². The monoisotopic (exact) mass is 267 g/mol. The molecule has 0 radical (unpaired) electrons.